The van der Waals surface area contributed by atoms with E-state index in [4.69, 9.17) is 17.3 Å². The highest BCUT2D eigenvalue weighted by atomic mass is 35.5. The molecule has 114 valence electrons. The van der Waals surface area contributed by atoms with Gasteiger partial charge in [-0.25, -0.2) is 0 Å². The number of aryl methyl sites for hydroxylation is 1. The lowest BCUT2D eigenvalue weighted by atomic mass is 9.96. The predicted molar refractivity (Wildman–Crippen MR) is 93.7 cm³/mol. The van der Waals surface area contributed by atoms with Crippen molar-refractivity contribution in [1.82, 2.24) is 0 Å². The Labute approximate surface area is 136 Å². The number of nitrogens with zero attached hydrogens (tertiary/aromatic N) is 1. The number of nitrogens with one attached hydrogen (secondary N) is 1. The van der Waals surface area contributed by atoms with Crippen molar-refractivity contribution in [2.45, 2.75) is 25.2 Å². The van der Waals surface area contributed by atoms with Gasteiger partial charge >= 0.3 is 0 Å². The molecule has 3 rings (SSSR count). The van der Waals surface area contributed by atoms with E-state index in [0.29, 0.717) is 12.5 Å². The summed E-state index contributed by atoms with van der Waals surface area (Å²) in [6, 6.07) is 16.1. The number of benzene rings is 2. The second-order valence-corrected chi connectivity index (χ2v) is 6.42. The maximum absolute atomic E-state index is 6.09. The van der Waals surface area contributed by atoms with Crippen molar-refractivity contribution < 1.29 is 0 Å². The Kier molecular flexibility index (Phi) is 4.08. The van der Waals surface area contributed by atoms with Gasteiger partial charge in [0.25, 0.3) is 0 Å². The lowest BCUT2D eigenvalue weighted by Crippen LogP contribution is -2.25. The number of hydrogen-bond donors (Lipinski definition) is 2. The fourth-order valence-electron chi connectivity index (χ4n) is 2.65. The van der Waals surface area contributed by atoms with Crippen molar-refractivity contribution in [1.29, 1.82) is 0 Å². The van der Waals surface area contributed by atoms with Crippen LogP contribution in [0.2, 0.25) is 5.02 Å². The van der Waals surface area contributed by atoms with Crippen LogP contribution < -0.4 is 11.1 Å². The summed E-state index contributed by atoms with van der Waals surface area (Å²) >= 11 is 6.09. The molecule has 0 spiro atoms. The molecule has 0 radical (unpaired) electrons. The van der Waals surface area contributed by atoms with Crippen LogP contribution in [-0.4, -0.2) is 12.5 Å². The predicted octanol–water partition coefficient (Wildman–Crippen LogP) is 4.11. The van der Waals surface area contributed by atoms with Crippen LogP contribution in [0.25, 0.3) is 0 Å². The van der Waals surface area contributed by atoms with Crippen molar-refractivity contribution in [3.05, 3.63) is 64.7 Å². The maximum Gasteiger partial charge on any atom is 0.193 e. The van der Waals surface area contributed by atoms with Gasteiger partial charge in [-0.05, 0) is 55.2 Å². The molecule has 0 unspecified atom stereocenters. The van der Waals surface area contributed by atoms with E-state index in [-0.39, 0.29) is 5.41 Å². The van der Waals surface area contributed by atoms with Crippen molar-refractivity contribution in [2.24, 2.45) is 10.7 Å². The standard InChI is InChI=1S/C18H20ClN3/c1-13-4-2-7-16(10-13)22-17(20)21-12-18(8-9-18)14-5-3-6-15(19)11-14/h2-7,10-11H,8-9,12H2,1H3,(H3,20,21,22). The molecule has 3 nitrogen and oxygen atoms in total. The van der Waals surface area contributed by atoms with E-state index in [0.717, 1.165) is 23.6 Å². The van der Waals surface area contributed by atoms with Crippen LogP contribution in [0, 0.1) is 6.92 Å². The molecule has 0 saturated heterocycles. The number of aliphatic imine (C=N–C) groups is 1. The molecule has 2 aromatic rings. The van der Waals surface area contributed by atoms with Crippen LogP contribution in [0.3, 0.4) is 0 Å². The molecule has 0 aromatic heterocycles. The minimum Gasteiger partial charge on any atom is -0.370 e. The van der Waals surface area contributed by atoms with Gasteiger partial charge in [0.1, 0.15) is 0 Å². The van der Waals surface area contributed by atoms with Gasteiger partial charge in [0.15, 0.2) is 5.96 Å². The molecule has 1 aliphatic carbocycles. The summed E-state index contributed by atoms with van der Waals surface area (Å²) in [5.74, 6) is 0.457. The first-order chi connectivity index (χ1) is 10.6. The van der Waals surface area contributed by atoms with Gasteiger partial charge in [-0.1, -0.05) is 35.9 Å². The zero-order chi connectivity index (χ0) is 15.6. The first-order valence-corrected chi connectivity index (χ1v) is 7.85. The van der Waals surface area contributed by atoms with Gasteiger partial charge in [0, 0.05) is 16.1 Å². The molecule has 0 heterocycles. The van der Waals surface area contributed by atoms with E-state index in [1.165, 1.54) is 11.1 Å². The number of hydrogen-bond acceptors (Lipinski definition) is 1. The summed E-state index contributed by atoms with van der Waals surface area (Å²) in [7, 11) is 0. The van der Waals surface area contributed by atoms with Crippen molar-refractivity contribution in [3.63, 3.8) is 0 Å². The molecule has 0 aliphatic heterocycles. The Morgan fingerprint density at radius 2 is 2.00 bits per heavy atom. The third-order valence-electron chi connectivity index (χ3n) is 4.13. The van der Waals surface area contributed by atoms with Crippen molar-refractivity contribution in [2.75, 3.05) is 11.9 Å². The molecule has 2 aromatic carbocycles. The average Bonchev–Trinajstić information content (AvgIpc) is 3.26. The summed E-state index contributed by atoms with van der Waals surface area (Å²) in [6.07, 6.45) is 2.27. The molecule has 0 amide bonds. The highest BCUT2D eigenvalue weighted by Gasteiger charge is 2.44. The lowest BCUT2D eigenvalue weighted by molar-refractivity contribution is 0.705. The van der Waals surface area contributed by atoms with E-state index in [9.17, 15) is 0 Å². The second kappa shape index (κ2) is 6.01. The van der Waals surface area contributed by atoms with Crippen molar-refractivity contribution >= 4 is 23.2 Å². The Bertz CT molecular complexity index is 705. The third kappa shape index (κ3) is 3.42. The monoisotopic (exact) mass is 313 g/mol. The Balaban J connectivity index is 1.68. The Morgan fingerprint density at radius 3 is 2.68 bits per heavy atom. The van der Waals surface area contributed by atoms with E-state index < -0.39 is 0 Å². The van der Waals surface area contributed by atoms with Gasteiger partial charge in [-0.2, -0.15) is 0 Å². The summed E-state index contributed by atoms with van der Waals surface area (Å²) in [4.78, 5) is 4.53. The summed E-state index contributed by atoms with van der Waals surface area (Å²) in [6.45, 7) is 2.74. The van der Waals surface area contributed by atoms with Crippen LogP contribution in [0.1, 0.15) is 24.0 Å². The molecular weight excluding hydrogens is 294 g/mol. The largest absolute Gasteiger partial charge is 0.370 e. The lowest BCUT2D eigenvalue weighted by Gasteiger charge is -2.14. The molecule has 22 heavy (non-hydrogen) atoms. The number of guanidine groups is 1. The minimum atomic E-state index is 0.115. The summed E-state index contributed by atoms with van der Waals surface area (Å²) in [5, 5.41) is 3.92. The highest BCUT2D eigenvalue weighted by Crippen LogP contribution is 2.48. The zero-order valence-electron chi connectivity index (χ0n) is 12.6. The van der Waals surface area contributed by atoms with Crippen molar-refractivity contribution in [3.8, 4) is 0 Å². The van der Waals surface area contributed by atoms with Crippen LogP contribution in [-0.2, 0) is 5.41 Å². The first kappa shape index (κ1) is 14.9. The van der Waals surface area contributed by atoms with Gasteiger partial charge in [-0.15, -0.1) is 0 Å². The number of anilines is 1. The molecular formula is C18H20ClN3. The highest BCUT2D eigenvalue weighted by molar-refractivity contribution is 6.30. The quantitative estimate of drug-likeness (QED) is 0.659. The third-order valence-corrected chi connectivity index (χ3v) is 4.37. The summed E-state index contributed by atoms with van der Waals surface area (Å²) in [5.41, 5.74) is 9.54. The normalized spacial score (nSPS) is 16.4. The molecule has 0 atom stereocenters. The van der Waals surface area contributed by atoms with E-state index in [1.807, 2.05) is 36.4 Å². The van der Waals surface area contributed by atoms with Gasteiger partial charge < -0.3 is 11.1 Å². The van der Waals surface area contributed by atoms with Gasteiger partial charge in [-0.3, -0.25) is 4.99 Å². The molecule has 1 fully saturated rings. The fraction of sp³-hybridized carbons (Fsp3) is 0.278. The number of nitrogens with two attached hydrogens (primary N) is 1. The molecule has 3 N–H and O–H groups in total. The SMILES string of the molecule is Cc1cccc(NC(N)=NCC2(c3cccc(Cl)c3)CC2)c1. The average molecular weight is 314 g/mol. The van der Waals surface area contributed by atoms with E-state index in [2.05, 4.69) is 29.4 Å². The van der Waals surface area contributed by atoms with Crippen LogP contribution in [0.15, 0.2) is 53.5 Å². The Morgan fingerprint density at radius 1 is 1.23 bits per heavy atom. The molecule has 1 aliphatic rings. The van der Waals surface area contributed by atoms with Gasteiger partial charge in [0.2, 0.25) is 0 Å². The number of rotatable bonds is 4. The molecule has 0 bridgehead atoms. The maximum atomic E-state index is 6.09. The smallest absolute Gasteiger partial charge is 0.193 e. The number of halogens is 1. The van der Waals surface area contributed by atoms with E-state index >= 15 is 0 Å². The first-order valence-electron chi connectivity index (χ1n) is 7.47. The molecule has 4 heteroatoms. The van der Waals surface area contributed by atoms with Crippen LogP contribution >= 0.6 is 11.6 Å². The van der Waals surface area contributed by atoms with E-state index in [1.54, 1.807) is 0 Å². The summed E-state index contributed by atoms with van der Waals surface area (Å²) < 4.78 is 0. The fourth-order valence-corrected chi connectivity index (χ4v) is 2.84. The topological polar surface area (TPSA) is 50.4 Å². The Hall–Kier alpha value is -2.00. The van der Waals surface area contributed by atoms with Gasteiger partial charge in [0.05, 0.1) is 6.54 Å². The second-order valence-electron chi connectivity index (χ2n) is 5.99. The van der Waals surface area contributed by atoms with Crippen LogP contribution in [0.4, 0.5) is 5.69 Å². The molecule has 1 saturated carbocycles. The zero-order valence-corrected chi connectivity index (χ0v) is 13.4. The van der Waals surface area contributed by atoms with Crippen LogP contribution in [0.5, 0.6) is 0 Å². The minimum absolute atomic E-state index is 0.115.